The molecule has 1 aromatic rings. The molecule has 1 aliphatic heterocycles. The predicted octanol–water partition coefficient (Wildman–Crippen LogP) is 1.76. The van der Waals surface area contributed by atoms with Crippen LogP contribution in [-0.2, 0) is 17.6 Å². The summed E-state index contributed by atoms with van der Waals surface area (Å²) in [5, 5.41) is 0.394. The van der Waals surface area contributed by atoms with E-state index in [1.807, 2.05) is 6.07 Å². The van der Waals surface area contributed by atoms with E-state index in [9.17, 15) is 4.79 Å². The molecule has 5 heteroatoms. The number of carbonyl (C=O) groups is 1. The average molecular weight is 264 g/mol. The minimum atomic E-state index is -0.123. The number of amides is 1. The topological polar surface area (TPSA) is 64.7 Å². The van der Waals surface area contributed by atoms with Crippen LogP contribution in [0.1, 0.15) is 17.5 Å². The fraction of sp³-hybridized carbons (Fsp3) is 0.385. The van der Waals surface area contributed by atoms with Crippen molar-refractivity contribution >= 4 is 22.8 Å². The van der Waals surface area contributed by atoms with Crippen molar-refractivity contribution in [2.75, 3.05) is 12.9 Å². The van der Waals surface area contributed by atoms with Crippen molar-refractivity contribution in [3.63, 3.8) is 0 Å². The molecule has 0 saturated heterocycles. The van der Waals surface area contributed by atoms with Crippen LogP contribution in [0.25, 0.3) is 0 Å². The zero-order valence-corrected chi connectivity index (χ0v) is 11.1. The predicted molar refractivity (Wildman–Crippen MR) is 74.1 cm³/mol. The molecule has 2 N–H and O–H groups in total. The third-order valence-corrected chi connectivity index (χ3v) is 3.66. The first kappa shape index (κ1) is 13.0. The van der Waals surface area contributed by atoms with E-state index in [1.54, 1.807) is 7.11 Å². The maximum absolute atomic E-state index is 10.2. The standard InChI is InChI=1S/C10H12O.C3H4N2OS/c1-11-10-6-5-8-3-2-4-9(8)7-10;4-3-5-2(6)1-7-3/h5-7H,2-4H2,1H3;1H2,(H2,4,5,6). The number of ether oxygens (including phenoxy) is 1. The van der Waals surface area contributed by atoms with Crippen molar-refractivity contribution < 1.29 is 9.53 Å². The zero-order valence-electron chi connectivity index (χ0n) is 10.3. The molecule has 1 aliphatic carbocycles. The maximum atomic E-state index is 10.2. The number of rotatable bonds is 1. The molecule has 1 heterocycles. The number of aliphatic imine (C=N–C) groups is 1. The van der Waals surface area contributed by atoms with Crippen LogP contribution in [0.2, 0.25) is 0 Å². The van der Waals surface area contributed by atoms with Crippen LogP contribution < -0.4 is 10.5 Å². The van der Waals surface area contributed by atoms with Crippen molar-refractivity contribution in [2.45, 2.75) is 19.3 Å². The lowest BCUT2D eigenvalue weighted by Gasteiger charge is -2.02. The molecule has 1 aromatic carbocycles. The van der Waals surface area contributed by atoms with Crippen molar-refractivity contribution in [1.29, 1.82) is 0 Å². The number of hydrogen-bond donors (Lipinski definition) is 1. The van der Waals surface area contributed by atoms with Crippen LogP contribution >= 0.6 is 11.8 Å². The molecule has 1 amide bonds. The van der Waals surface area contributed by atoms with E-state index < -0.39 is 0 Å². The molecule has 0 aromatic heterocycles. The van der Waals surface area contributed by atoms with Crippen molar-refractivity contribution in [3.05, 3.63) is 29.3 Å². The number of nitrogens with zero attached hydrogens (tertiary/aromatic N) is 1. The number of thioether (sulfide) groups is 1. The van der Waals surface area contributed by atoms with Gasteiger partial charge in [-0.2, -0.15) is 4.99 Å². The Kier molecular flexibility index (Phi) is 4.25. The third-order valence-electron chi connectivity index (χ3n) is 2.88. The third kappa shape index (κ3) is 3.26. The molecule has 96 valence electrons. The molecule has 0 radical (unpaired) electrons. The summed E-state index contributed by atoms with van der Waals surface area (Å²) in [6, 6.07) is 6.38. The largest absolute Gasteiger partial charge is 0.497 e. The van der Waals surface area contributed by atoms with Gasteiger partial charge in [-0.1, -0.05) is 17.8 Å². The molecule has 0 bridgehead atoms. The van der Waals surface area contributed by atoms with Gasteiger partial charge in [-0.05, 0) is 42.5 Å². The van der Waals surface area contributed by atoms with Gasteiger partial charge in [-0.15, -0.1) is 0 Å². The fourth-order valence-electron chi connectivity index (χ4n) is 2.00. The van der Waals surface area contributed by atoms with E-state index in [0.29, 0.717) is 10.9 Å². The highest BCUT2D eigenvalue weighted by Crippen LogP contribution is 2.25. The molecular weight excluding hydrogens is 248 g/mol. The molecule has 0 fully saturated rings. The lowest BCUT2D eigenvalue weighted by molar-refractivity contribution is -0.115. The van der Waals surface area contributed by atoms with Crippen LogP contribution in [0.3, 0.4) is 0 Å². The highest BCUT2D eigenvalue weighted by Gasteiger charge is 2.10. The van der Waals surface area contributed by atoms with Crippen LogP contribution in [0, 0.1) is 0 Å². The van der Waals surface area contributed by atoms with Gasteiger partial charge in [0.2, 0.25) is 0 Å². The molecule has 0 spiro atoms. The zero-order chi connectivity index (χ0) is 13.0. The van der Waals surface area contributed by atoms with Crippen LogP contribution in [0.4, 0.5) is 0 Å². The quantitative estimate of drug-likeness (QED) is 0.839. The lowest BCUT2D eigenvalue weighted by Crippen LogP contribution is -2.01. The maximum Gasteiger partial charge on any atom is 0.258 e. The highest BCUT2D eigenvalue weighted by molar-refractivity contribution is 8.14. The summed E-state index contributed by atoms with van der Waals surface area (Å²) in [5.74, 6) is 1.29. The first-order valence-corrected chi connectivity index (χ1v) is 6.83. The monoisotopic (exact) mass is 264 g/mol. The van der Waals surface area contributed by atoms with Gasteiger partial charge in [0.05, 0.1) is 12.9 Å². The summed E-state index contributed by atoms with van der Waals surface area (Å²) >= 11 is 1.28. The van der Waals surface area contributed by atoms with Crippen molar-refractivity contribution in [1.82, 2.24) is 0 Å². The number of methoxy groups -OCH3 is 1. The van der Waals surface area contributed by atoms with E-state index in [2.05, 4.69) is 17.1 Å². The normalized spacial score (nSPS) is 16.7. The molecular formula is C13H16N2O2S. The summed E-state index contributed by atoms with van der Waals surface area (Å²) in [5.41, 5.74) is 8.10. The number of amidine groups is 1. The van der Waals surface area contributed by atoms with E-state index in [0.717, 1.165) is 5.75 Å². The van der Waals surface area contributed by atoms with Gasteiger partial charge in [-0.3, -0.25) is 4.79 Å². The smallest absolute Gasteiger partial charge is 0.258 e. The molecule has 2 aliphatic rings. The molecule has 4 nitrogen and oxygen atoms in total. The van der Waals surface area contributed by atoms with Crippen molar-refractivity contribution in [3.8, 4) is 5.75 Å². The second-order valence-electron chi connectivity index (χ2n) is 4.12. The van der Waals surface area contributed by atoms with Gasteiger partial charge in [0.25, 0.3) is 5.91 Å². The Hall–Kier alpha value is -1.49. The van der Waals surface area contributed by atoms with Crippen molar-refractivity contribution in [2.24, 2.45) is 10.7 Å². The second-order valence-corrected chi connectivity index (χ2v) is 5.12. The number of hydrogen-bond acceptors (Lipinski definition) is 4. The Morgan fingerprint density at radius 1 is 1.33 bits per heavy atom. The summed E-state index contributed by atoms with van der Waals surface area (Å²) in [7, 11) is 1.72. The highest BCUT2D eigenvalue weighted by atomic mass is 32.2. The second kappa shape index (κ2) is 5.91. The van der Waals surface area contributed by atoms with E-state index in [4.69, 9.17) is 10.5 Å². The summed E-state index contributed by atoms with van der Waals surface area (Å²) in [6.07, 6.45) is 3.79. The number of carbonyl (C=O) groups excluding carboxylic acids is 1. The fourth-order valence-corrected chi connectivity index (χ4v) is 2.50. The molecule has 0 atom stereocenters. The summed E-state index contributed by atoms with van der Waals surface area (Å²) < 4.78 is 5.14. The minimum Gasteiger partial charge on any atom is -0.497 e. The van der Waals surface area contributed by atoms with Gasteiger partial charge >= 0.3 is 0 Å². The van der Waals surface area contributed by atoms with Gasteiger partial charge in [0.1, 0.15) is 5.75 Å². The minimum absolute atomic E-state index is 0.123. The Labute approximate surface area is 111 Å². The van der Waals surface area contributed by atoms with Gasteiger partial charge in [0, 0.05) is 0 Å². The van der Waals surface area contributed by atoms with Crippen LogP contribution in [0.5, 0.6) is 5.75 Å². The Morgan fingerprint density at radius 3 is 2.67 bits per heavy atom. The van der Waals surface area contributed by atoms with E-state index >= 15 is 0 Å². The number of benzene rings is 1. The Morgan fingerprint density at radius 2 is 2.11 bits per heavy atom. The SMILES string of the molecule is COc1ccc2c(c1)CCC2.NC1=NC(=O)CS1. The molecule has 0 saturated carbocycles. The van der Waals surface area contributed by atoms with E-state index in [1.165, 1.54) is 42.2 Å². The van der Waals surface area contributed by atoms with E-state index in [-0.39, 0.29) is 5.91 Å². The number of nitrogens with two attached hydrogens (primary N) is 1. The number of aryl methyl sites for hydroxylation is 2. The van der Waals surface area contributed by atoms with Gasteiger partial charge < -0.3 is 10.5 Å². The Balaban J connectivity index is 0.000000149. The molecule has 18 heavy (non-hydrogen) atoms. The average Bonchev–Trinajstić information content (AvgIpc) is 2.97. The molecule has 3 rings (SSSR count). The first-order chi connectivity index (χ1) is 8.69. The first-order valence-electron chi connectivity index (χ1n) is 5.84. The molecule has 0 unspecified atom stereocenters. The van der Waals surface area contributed by atoms with Gasteiger partial charge in [-0.25, -0.2) is 0 Å². The summed E-state index contributed by atoms with van der Waals surface area (Å²) in [6.45, 7) is 0. The summed E-state index contributed by atoms with van der Waals surface area (Å²) in [4.78, 5) is 13.6. The lowest BCUT2D eigenvalue weighted by atomic mass is 10.1. The Bertz CT molecular complexity index is 486. The van der Waals surface area contributed by atoms with Crippen LogP contribution in [0.15, 0.2) is 23.2 Å². The number of fused-ring (bicyclic) bond motifs is 1. The van der Waals surface area contributed by atoms with Gasteiger partial charge in [0.15, 0.2) is 5.17 Å². The van der Waals surface area contributed by atoms with Crippen LogP contribution in [-0.4, -0.2) is 23.9 Å².